The number of aromatic nitrogens is 2. The number of rotatable bonds is 2. The van der Waals surface area contributed by atoms with Gasteiger partial charge in [-0.1, -0.05) is 6.07 Å². The van der Waals surface area contributed by atoms with E-state index in [1.807, 2.05) is 25.4 Å². The Hall–Kier alpha value is -2.99. The van der Waals surface area contributed by atoms with Gasteiger partial charge in [-0.3, -0.25) is 19.2 Å². The minimum Gasteiger partial charge on any atom is -0.493 e. The molecule has 0 spiro atoms. The maximum absolute atomic E-state index is 14.0. The predicted octanol–water partition coefficient (Wildman–Crippen LogP) is 0.420. The number of nitrogens with zero attached hydrogens (tertiary/aromatic N) is 4. The molecule has 2 aromatic rings. The van der Waals surface area contributed by atoms with Crippen molar-refractivity contribution in [1.82, 2.24) is 24.9 Å². The number of hydrogen-bond donors (Lipinski definition) is 2. The van der Waals surface area contributed by atoms with E-state index in [1.54, 1.807) is 21.8 Å². The Balaban J connectivity index is 1.33. The lowest BCUT2D eigenvalue weighted by Gasteiger charge is -2.46. The van der Waals surface area contributed by atoms with Crippen LogP contribution >= 0.6 is 0 Å². The average Bonchev–Trinajstić information content (AvgIpc) is 3.33. The van der Waals surface area contributed by atoms with Crippen molar-refractivity contribution in [3.8, 4) is 16.9 Å². The number of hydrogen-bond acceptors (Lipinski definition) is 8. The van der Waals surface area contributed by atoms with Crippen molar-refractivity contribution < 1.29 is 28.9 Å². The third kappa shape index (κ3) is 5.03. The molecule has 0 saturated carbocycles. The maximum Gasteiger partial charge on any atom is 0.258 e. The Morgan fingerprint density at radius 3 is 2.74 bits per heavy atom. The molecule has 4 aliphatic rings. The fraction of sp³-hybridized carbons (Fsp3) is 0.593. The first-order valence-corrected chi connectivity index (χ1v) is 13.5. The van der Waals surface area contributed by atoms with Crippen LogP contribution in [-0.2, 0) is 21.3 Å². The highest BCUT2D eigenvalue weighted by Crippen LogP contribution is 2.31. The maximum atomic E-state index is 14.0. The van der Waals surface area contributed by atoms with E-state index in [1.165, 1.54) is 0 Å². The van der Waals surface area contributed by atoms with E-state index in [9.17, 15) is 14.7 Å². The second-order valence-electron chi connectivity index (χ2n) is 10.6. The van der Waals surface area contributed by atoms with Crippen LogP contribution in [0.5, 0.6) is 5.75 Å². The molecule has 1 aromatic carbocycles. The molecular weight excluding hydrogens is 490 g/mol. The van der Waals surface area contributed by atoms with Crippen molar-refractivity contribution in [2.45, 2.75) is 49.7 Å². The number of piperazine rings is 1. The Kier molecular flexibility index (Phi) is 7.08. The number of nitrogens with one attached hydrogen (secondary N) is 1. The van der Waals surface area contributed by atoms with E-state index in [4.69, 9.17) is 14.2 Å². The Labute approximate surface area is 221 Å². The summed E-state index contributed by atoms with van der Waals surface area (Å²) in [4.78, 5) is 31.4. The molecule has 11 heteroatoms. The molecule has 0 radical (unpaired) electrons. The minimum absolute atomic E-state index is 0.0933. The molecule has 5 heterocycles. The molecule has 3 fully saturated rings. The van der Waals surface area contributed by atoms with Crippen LogP contribution in [0.3, 0.4) is 0 Å². The zero-order chi connectivity index (χ0) is 26.2. The Morgan fingerprint density at radius 2 is 1.97 bits per heavy atom. The van der Waals surface area contributed by atoms with Gasteiger partial charge in [0.15, 0.2) is 0 Å². The van der Waals surface area contributed by atoms with E-state index in [0.29, 0.717) is 70.0 Å². The van der Waals surface area contributed by atoms with Gasteiger partial charge in [0.1, 0.15) is 17.9 Å². The van der Waals surface area contributed by atoms with Gasteiger partial charge in [-0.2, -0.15) is 5.10 Å². The highest BCUT2D eigenvalue weighted by atomic mass is 16.5. The van der Waals surface area contributed by atoms with Crippen LogP contribution in [0.25, 0.3) is 11.1 Å². The fourth-order valence-corrected chi connectivity index (χ4v) is 5.72. The highest BCUT2D eigenvalue weighted by molar-refractivity contribution is 6.00. The topological polar surface area (TPSA) is 118 Å². The molecule has 1 aromatic heterocycles. The zero-order valence-electron chi connectivity index (χ0n) is 21.6. The van der Waals surface area contributed by atoms with Gasteiger partial charge in [-0.05, 0) is 30.5 Å². The molecule has 38 heavy (non-hydrogen) atoms. The fourth-order valence-electron chi connectivity index (χ4n) is 5.72. The average molecular weight is 526 g/mol. The number of ether oxygens (including phenoxy) is 3. The normalized spacial score (nSPS) is 29.4. The van der Waals surface area contributed by atoms with Gasteiger partial charge in [-0.15, -0.1) is 0 Å². The molecule has 0 unspecified atom stereocenters. The van der Waals surface area contributed by atoms with Crippen LogP contribution in [0.2, 0.25) is 0 Å². The highest BCUT2D eigenvalue weighted by Gasteiger charge is 2.41. The summed E-state index contributed by atoms with van der Waals surface area (Å²) in [5.41, 5.74) is 2.25. The Morgan fingerprint density at radius 1 is 1.11 bits per heavy atom. The van der Waals surface area contributed by atoms with Gasteiger partial charge in [0.05, 0.1) is 49.8 Å². The summed E-state index contributed by atoms with van der Waals surface area (Å²) in [5.74, 6) is 0.0124. The van der Waals surface area contributed by atoms with Gasteiger partial charge in [-0.25, -0.2) is 0 Å². The van der Waals surface area contributed by atoms with Crippen LogP contribution < -0.4 is 10.1 Å². The monoisotopic (exact) mass is 525 g/mol. The third-order valence-electron chi connectivity index (χ3n) is 8.12. The van der Waals surface area contributed by atoms with Crippen LogP contribution in [0.15, 0.2) is 30.6 Å². The number of aliphatic hydroxyl groups is 1. The minimum atomic E-state index is -0.679. The van der Waals surface area contributed by atoms with Gasteiger partial charge < -0.3 is 29.5 Å². The lowest BCUT2D eigenvalue weighted by molar-refractivity contribution is -0.138. The summed E-state index contributed by atoms with van der Waals surface area (Å²) in [7, 11) is 1.86. The first-order chi connectivity index (χ1) is 18.5. The molecule has 4 atom stereocenters. The van der Waals surface area contributed by atoms with E-state index in [2.05, 4.69) is 15.3 Å². The van der Waals surface area contributed by atoms with Crippen LogP contribution in [0.4, 0.5) is 0 Å². The molecule has 2 bridgehead atoms. The SMILES string of the molecule is Cn1cc(-c2ccc3c(c2)OCC[C@@H]2CC[C@H](O)[C@@H](CNC(=O)[C@@H]4CN(C5COC5)CCN4C3=O)O2)cn1. The summed E-state index contributed by atoms with van der Waals surface area (Å²) in [6.45, 7) is 3.36. The first kappa shape index (κ1) is 25.3. The molecule has 2 N–H and O–H groups in total. The number of carbonyl (C=O) groups is 2. The number of fused-ring (bicyclic) bond motifs is 4. The molecule has 4 aliphatic heterocycles. The van der Waals surface area contributed by atoms with Crippen molar-refractivity contribution in [1.29, 1.82) is 0 Å². The van der Waals surface area contributed by atoms with Crippen molar-refractivity contribution in [3.63, 3.8) is 0 Å². The summed E-state index contributed by atoms with van der Waals surface area (Å²) < 4.78 is 19.5. The van der Waals surface area contributed by atoms with Crippen molar-refractivity contribution in [2.24, 2.45) is 7.05 Å². The lowest BCUT2D eigenvalue weighted by Crippen LogP contribution is -2.65. The van der Waals surface area contributed by atoms with Gasteiger partial charge in [0, 0.05) is 51.4 Å². The predicted molar refractivity (Wildman–Crippen MR) is 137 cm³/mol. The van der Waals surface area contributed by atoms with E-state index in [-0.39, 0.29) is 30.5 Å². The first-order valence-electron chi connectivity index (χ1n) is 13.5. The standard InChI is InChI=1S/C27H35N5O6/c1-30-13-18(11-29-30)17-2-4-21-24(10-17)37-9-6-20-3-5-23(33)25(38-20)12-28-26(34)22-14-31(19-15-36-16-19)7-8-32(22)27(21)35/h2,4,10-11,13,19-20,22-23,25,33H,3,5-9,12,14-16H2,1H3,(H,28,34)/t20-,22-,23-,25+/m0/s1. The summed E-state index contributed by atoms with van der Waals surface area (Å²) in [6.07, 6.45) is 4.40. The molecule has 3 saturated heterocycles. The second-order valence-corrected chi connectivity index (χ2v) is 10.6. The Bertz CT molecular complexity index is 1180. The number of amides is 2. The van der Waals surface area contributed by atoms with Gasteiger partial charge >= 0.3 is 0 Å². The number of aryl methyl sites for hydroxylation is 1. The molecular formula is C27H35N5O6. The van der Waals surface area contributed by atoms with Crippen LogP contribution in [-0.4, -0.2) is 113 Å². The van der Waals surface area contributed by atoms with Crippen molar-refractivity contribution in [2.75, 3.05) is 46.0 Å². The molecule has 11 nitrogen and oxygen atoms in total. The second kappa shape index (κ2) is 10.6. The number of carbonyl (C=O) groups excluding carboxylic acids is 2. The largest absolute Gasteiger partial charge is 0.493 e. The van der Waals surface area contributed by atoms with Crippen LogP contribution in [0, 0.1) is 0 Å². The van der Waals surface area contributed by atoms with Gasteiger partial charge in [0.25, 0.3) is 5.91 Å². The zero-order valence-corrected chi connectivity index (χ0v) is 21.6. The lowest BCUT2D eigenvalue weighted by atomic mass is 9.98. The van der Waals surface area contributed by atoms with E-state index < -0.39 is 18.2 Å². The quantitative estimate of drug-likeness (QED) is 0.579. The summed E-state index contributed by atoms with van der Waals surface area (Å²) >= 11 is 0. The molecule has 6 rings (SSSR count). The van der Waals surface area contributed by atoms with E-state index in [0.717, 1.165) is 11.1 Å². The van der Waals surface area contributed by atoms with Gasteiger partial charge in [0.2, 0.25) is 5.91 Å². The summed E-state index contributed by atoms with van der Waals surface area (Å²) in [6, 6.07) is 5.14. The molecule has 204 valence electrons. The number of benzene rings is 1. The van der Waals surface area contributed by atoms with Crippen molar-refractivity contribution in [3.05, 3.63) is 36.2 Å². The molecule has 2 amide bonds. The summed E-state index contributed by atoms with van der Waals surface area (Å²) in [5, 5.41) is 17.8. The smallest absolute Gasteiger partial charge is 0.258 e. The van der Waals surface area contributed by atoms with Crippen LogP contribution in [0.1, 0.15) is 29.6 Å². The van der Waals surface area contributed by atoms with Crippen molar-refractivity contribution >= 4 is 11.8 Å². The third-order valence-corrected chi connectivity index (χ3v) is 8.12. The van der Waals surface area contributed by atoms with E-state index >= 15 is 0 Å². The molecule has 0 aliphatic carbocycles. The number of aliphatic hydroxyl groups excluding tert-OH is 1.